The van der Waals surface area contributed by atoms with Crippen molar-refractivity contribution in [2.75, 3.05) is 7.05 Å². The highest BCUT2D eigenvalue weighted by atomic mass is 16.3. The summed E-state index contributed by atoms with van der Waals surface area (Å²) in [4.78, 5) is 11.1. The SMILES string of the molecule is CNC(=O)CC(C)NCc1ccccc1O. The first kappa shape index (κ1) is 12.5. The van der Waals surface area contributed by atoms with Crippen molar-refractivity contribution in [1.29, 1.82) is 0 Å². The molecule has 1 rings (SSSR count). The van der Waals surface area contributed by atoms with Gasteiger partial charge in [-0.25, -0.2) is 0 Å². The molecular formula is C12H18N2O2. The maximum Gasteiger partial charge on any atom is 0.221 e. The lowest BCUT2D eigenvalue weighted by molar-refractivity contribution is -0.121. The second-order valence-electron chi connectivity index (χ2n) is 3.79. The number of carbonyl (C=O) groups is 1. The summed E-state index contributed by atoms with van der Waals surface area (Å²) in [6.07, 6.45) is 0.435. The van der Waals surface area contributed by atoms with Crippen LogP contribution in [0.25, 0.3) is 0 Å². The first-order chi connectivity index (χ1) is 7.63. The van der Waals surface area contributed by atoms with Crippen molar-refractivity contribution in [2.45, 2.75) is 25.9 Å². The van der Waals surface area contributed by atoms with E-state index in [4.69, 9.17) is 0 Å². The van der Waals surface area contributed by atoms with E-state index in [2.05, 4.69) is 10.6 Å². The van der Waals surface area contributed by atoms with Gasteiger partial charge in [0, 0.05) is 31.6 Å². The molecular weight excluding hydrogens is 204 g/mol. The highest BCUT2D eigenvalue weighted by Crippen LogP contribution is 2.15. The second kappa shape index (κ2) is 6.12. The van der Waals surface area contributed by atoms with Gasteiger partial charge in [-0.15, -0.1) is 0 Å². The maximum atomic E-state index is 11.1. The van der Waals surface area contributed by atoms with E-state index in [1.807, 2.05) is 19.1 Å². The molecule has 0 aliphatic carbocycles. The summed E-state index contributed by atoms with van der Waals surface area (Å²) in [5, 5.41) is 15.3. The Morgan fingerprint density at radius 1 is 1.44 bits per heavy atom. The van der Waals surface area contributed by atoms with E-state index in [0.717, 1.165) is 5.56 Å². The van der Waals surface area contributed by atoms with E-state index in [-0.39, 0.29) is 17.7 Å². The van der Waals surface area contributed by atoms with Crippen LogP contribution in [0.1, 0.15) is 18.9 Å². The van der Waals surface area contributed by atoms with Gasteiger partial charge in [-0.05, 0) is 13.0 Å². The summed E-state index contributed by atoms with van der Waals surface area (Å²) in [5.41, 5.74) is 0.839. The van der Waals surface area contributed by atoms with Crippen LogP contribution in [-0.4, -0.2) is 24.1 Å². The van der Waals surface area contributed by atoms with Gasteiger partial charge in [0.2, 0.25) is 5.91 Å². The van der Waals surface area contributed by atoms with Crippen LogP contribution in [0.3, 0.4) is 0 Å². The Labute approximate surface area is 95.7 Å². The fourth-order valence-corrected chi connectivity index (χ4v) is 1.40. The summed E-state index contributed by atoms with van der Waals surface area (Å²) >= 11 is 0. The van der Waals surface area contributed by atoms with Crippen molar-refractivity contribution < 1.29 is 9.90 Å². The first-order valence-electron chi connectivity index (χ1n) is 5.34. The van der Waals surface area contributed by atoms with Crippen molar-refractivity contribution in [3.63, 3.8) is 0 Å². The monoisotopic (exact) mass is 222 g/mol. The summed E-state index contributed by atoms with van der Waals surface area (Å²) in [6, 6.07) is 7.25. The lowest BCUT2D eigenvalue weighted by Crippen LogP contribution is -2.31. The number of amides is 1. The Morgan fingerprint density at radius 3 is 2.75 bits per heavy atom. The van der Waals surface area contributed by atoms with Gasteiger partial charge in [-0.2, -0.15) is 0 Å². The first-order valence-corrected chi connectivity index (χ1v) is 5.34. The third-order valence-corrected chi connectivity index (χ3v) is 2.40. The Hall–Kier alpha value is -1.55. The minimum atomic E-state index is 0.0114. The third-order valence-electron chi connectivity index (χ3n) is 2.40. The van der Waals surface area contributed by atoms with E-state index < -0.39 is 0 Å². The second-order valence-corrected chi connectivity index (χ2v) is 3.79. The average molecular weight is 222 g/mol. The van der Waals surface area contributed by atoms with Gasteiger partial charge in [-0.3, -0.25) is 4.79 Å². The summed E-state index contributed by atoms with van der Waals surface area (Å²) < 4.78 is 0. The van der Waals surface area contributed by atoms with Crippen LogP contribution in [0.2, 0.25) is 0 Å². The van der Waals surface area contributed by atoms with Gasteiger partial charge in [0.05, 0.1) is 0 Å². The fraction of sp³-hybridized carbons (Fsp3) is 0.417. The van der Waals surface area contributed by atoms with Gasteiger partial charge >= 0.3 is 0 Å². The van der Waals surface area contributed by atoms with E-state index in [1.165, 1.54) is 0 Å². The molecule has 4 nitrogen and oxygen atoms in total. The van der Waals surface area contributed by atoms with Crippen LogP contribution in [0, 0.1) is 0 Å². The molecule has 0 radical (unpaired) electrons. The number of hydrogen-bond donors (Lipinski definition) is 3. The molecule has 0 aliphatic heterocycles. The Kier molecular flexibility index (Phi) is 4.79. The molecule has 0 aromatic heterocycles. The van der Waals surface area contributed by atoms with Crippen molar-refractivity contribution in [2.24, 2.45) is 0 Å². The molecule has 0 heterocycles. The summed E-state index contributed by atoms with van der Waals surface area (Å²) in [5.74, 6) is 0.291. The predicted octanol–water partition coefficient (Wildman–Crippen LogP) is 1.01. The smallest absolute Gasteiger partial charge is 0.221 e. The van der Waals surface area contributed by atoms with Crippen LogP contribution in [0.15, 0.2) is 24.3 Å². The number of benzene rings is 1. The highest BCUT2D eigenvalue weighted by Gasteiger charge is 2.07. The predicted molar refractivity (Wildman–Crippen MR) is 63.1 cm³/mol. The zero-order chi connectivity index (χ0) is 12.0. The zero-order valence-electron chi connectivity index (χ0n) is 9.66. The molecule has 16 heavy (non-hydrogen) atoms. The van der Waals surface area contributed by atoms with Crippen molar-refractivity contribution in [3.05, 3.63) is 29.8 Å². The molecule has 0 saturated heterocycles. The van der Waals surface area contributed by atoms with Crippen LogP contribution in [-0.2, 0) is 11.3 Å². The number of carbonyl (C=O) groups excluding carboxylic acids is 1. The van der Waals surface area contributed by atoms with E-state index in [0.29, 0.717) is 13.0 Å². The molecule has 0 aliphatic rings. The topological polar surface area (TPSA) is 61.4 Å². The van der Waals surface area contributed by atoms with E-state index in [9.17, 15) is 9.90 Å². The molecule has 1 unspecified atom stereocenters. The molecule has 1 aromatic carbocycles. The molecule has 3 N–H and O–H groups in total. The van der Waals surface area contributed by atoms with Crippen LogP contribution in [0.5, 0.6) is 5.75 Å². The molecule has 1 atom stereocenters. The zero-order valence-corrected chi connectivity index (χ0v) is 9.66. The lowest BCUT2D eigenvalue weighted by Gasteiger charge is -2.13. The van der Waals surface area contributed by atoms with Gasteiger partial charge in [-0.1, -0.05) is 18.2 Å². The van der Waals surface area contributed by atoms with Crippen molar-refractivity contribution >= 4 is 5.91 Å². The number of phenolic OH excluding ortho intramolecular Hbond substituents is 1. The Morgan fingerprint density at radius 2 is 2.12 bits per heavy atom. The molecule has 0 spiro atoms. The van der Waals surface area contributed by atoms with Crippen LogP contribution in [0.4, 0.5) is 0 Å². The van der Waals surface area contributed by atoms with Crippen LogP contribution >= 0.6 is 0 Å². The van der Waals surface area contributed by atoms with E-state index >= 15 is 0 Å². The fourth-order valence-electron chi connectivity index (χ4n) is 1.40. The molecule has 1 aromatic rings. The molecule has 1 amide bonds. The number of phenols is 1. The molecule has 0 fully saturated rings. The highest BCUT2D eigenvalue weighted by molar-refractivity contribution is 5.76. The Bertz CT molecular complexity index is 353. The number of para-hydroxylation sites is 1. The Balaban J connectivity index is 2.40. The summed E-state index contributed by atoms with van der Waals surface area (Å²) in [6.45, 7) is 2.50. The number of rotatable bonds is 5. The van der Waals surface area contributed by atoms with Gasteiger partial charge in [0.25, 0.3) is 0 Å². The third kappa shape index (κ3) is 3.90. The van der Waals surface area contributed by atoms with Gasteiger partial charge in [0.1, 0.15) is 5.75 Å². The van der Waals surface area contributed by atoms with Crippen molar-refractivity contribution in [1.82, 2.24) is 10.6 Å². The van der Waals surface area contributed by atoms with Gasteiger partial charge < -0.3 is 15.7 Å². The molecule has 88 valence electrons. The molecule has 0 bridgehead atoms. The van der Waals surface area contributed by atoms with E-state index in [1.54, 1.807) is 19.2 Å². The molecule has 0 saturated carbocycles. The minimum Gasteiger partial charge on any atom is -0.508 e. The quantitative estimate of drug-likeness (QED) is 0.696. The normalized spacial score (nSPS) is 12.1. The average Bonchev–Trinajstić information content (AvgIpc) is 2.28. The minimum absolute atomic E-state index is 0.0114. The van der Waals surface area contributed by atoms with Gasteiger partial charge in [0.15, 0.2) is 0 Å². The number of hydrogen-bond acceptors (Lipinski definition) is 3. The number of nitrogens with one attached hydrogen (secondary N) is 2. The molecule has 4 heteroatoms. The maximum absolute atomic E-state index is 11.1. The lowest BCUT2D eigenvalue weighted by atomic mass is 10.1. The van der Waals surface area contributed by atoms with Crippen LogP contribution < -0.4 is 10.6 Å². The number of aromatic hydroxyl groups is 1. The summed E-state index contributed by atoms with van der Waals surface area (Å²) in [7, 11) is 1.62. The standard InChI is InChI=1S/C12H18N2O2/c1-9(7-12(16)13-2)14-8-10-5-3-4-6-11(10)15/h3-6,9,14-15H,7-8H2,1-2H3,(H,13,16). The van der Waals surface area contributed by atoms with Crippen molar-refractivity contribution in [3.8, 4) is 5.75 Å². The largest absolute Gasteiger partial charge is 0.508 e.